The maximum absolute atomic E-state index is 12.8. The predicted octanol–water partition coefficient (Wildman–Crippen LogP) is 19.0. The number of carbonyl (C=O) groups excluding carboxylic acids is 3. The fourth-order valence-corrected chi connectivity index (χ4v) is 8.89. The monoisotopic (exact) mass is 905 g/mol. The van der Waals surface area contributed by atoms with Crippen molar-refractivity contribution in [2.45, 2.75) is 336 Å². The molecule has 1 unspecified atom stereocenters. The number of hydrogen-bond acceptors (Lipinski definition) is 6. The Balaban J connectivity index is 4.14. The Morgan fingerprint density at radius 1 is 0.312 bits per heavy atom. The molecule has 0 heterocycles. The third-order valence-corrected chi connectivity index (χ3v) is 13.7. The van der Waals surface area contributed by atoms with E-state index in [1.807, 2.05) is 0 Å². The summed E-state index contributed by atoms with van der Waals surface area (Å²) < 4.78 is 16.8. The van der Waals surface area contributed by atoms with Gasteiger partial charge in [0.15, 0.2) is 6.10 Å². The van der Waals surface area contributed by atoms with Crippen molar-refractivity contribution >= 4 is 17.9 Å². The zero-order chi connectivity index (χ0) is 46.7. The molecule has 380 valence electrons. The van der Waals surface area contributed by atoms with Crippen molar-refractivity contribution in [3.05, 3.63) is 0 Å². The van der Waals surface area contributed by atoms with Crippen molar-refractivity contribution in [3.8, 4) is 0 Å². The second kappa shape index (κ2) is 52.4. The van der Waals surface area contributed by atoms with Crippen molar-refractivity contribution < 1.29 is 28.6 Å². The number of ether oxygens (including phenoxy) is 3. The van der Waals surface area contributed by atoms with E-state index in [4.69, 9.17) is 14.2 Å². The molecule has 0 aliphatic carbocycles. The highest BCUT2D eigenvalue weighted by molar-refractivity contribution is 5.71. The van der Waals surface area contributed by atoms with Crippen LogP contribution >= 0.6 is 0 Å². The Hall–Kier alpha value is -1.59. The van der Waals surface area contributed by atoms with Crippen molar-refractivity contribution in [1.29, 1.82) is 0 Å². The molecule has 0 bridgehead atoms. The van der Waals surface area contributed by atoms with Gasteiger partial charge < -0.3 is 14.2 Å². The average Bonchev–Trinajstić information content (AvgIpc) is 3.29. The topological polar surface area (TPSA) is 78.9 Å². The van der Waals surface area contributed by atoms with Gasteiger partial charge in [-0.1, -0.05) is 291 Å². The lowest BCUT2D eigenvalue weighted by Gasteiger charge is -2.18. The molecule has 0 saturated heterocycles. The maximum atomic E-state index is 12.8. The minimum Gasteiger partial charge on any atom is -0.462 e. The van der Waals surface area contributed by atoms with E-state index in [1.165, 1.54) is 225 Å². The molecule has 0 amide bonds. The van der Waals surface area contributed by atoms with Crippen molar-refractivity contribution in [2.24, 2.45) is 5.92 Å². The first-order chi connectivity index (χ1) is 31.4. The van der Waals surface area contributed by atoms with Crippen LogP contribution in [0.2, 0.25) is 0 Å². The van der Waals surface area contributed by atoms with E-state index in [0.29, 0.717) is 19.3 Å². The lowest BCUT2D eigenvalue weighted by Crippen LogP contribution is -2.30. The summed E-state index contributed by atoms with van der Waals surface area (Å²) in [5.74, 6) is 0.0704. The van der Waals surface area contributed by atoms with E-state index in [9.17, 15) is 14.4 Å². The largest absolute Gasteiger partial charge is 0.462 e. The summed E-state index contributed by atoms with van der Waals surface area (Å²) in [6.45, 7) is 9.08. The van der Waals surface area contributed by atoms with Gasteiger partial charge in [-0.25, -0.2) is 0 Å². The molecule has 0 aliphatic rings. The lowest BCUT2D eigenvalue weighted by molar-refractivity contribution is -0.167. The molecule has 6 heteroatoms. The molecule has 0 fully saturated rings. The van der Waals surface area contributed by atoms with Gasteiger partial charge in [0.05, 0.1) is 0 Å². The van der Waals surface area contributed by atoms with E-state index in [2.05, 4.69) is 27.7 Å². The molecule has 0 saturated carbocycles. The van der Waals surface area contributed by atoms with Gasteiger partial charge in [0, 0.05) is 19.3 Å². The van der Waals surface area contributed by atoms with Crippen LogP contribution in [0.1, 0.15) is 329 Å². The van der Waals surface area contributed by atoms with Gasteiger partial charge in [-0.05, 0) is 25.2 Å². The third-order valence-electron chi connectivity index (χ3n) is 13.7. The van der Waals surface area contributed by atoms with E-state index in [-0.39, 0.29) is 31.1 Å². The second-order valence-corrected chi connectivity index (χ2v) is 20.2. The fraction of sp³-hybridized carbons (Fsp3) is 0.948. The Bertz CT molecular complexity index is 966. The minimum atomic E-state index is -0.760. The van der Waals surface area contributed by atoms with Crippen molar-refractivity contribution in [2.75, 3.05) is 13.2 Å². The van der Waals surface area contributed by atoms with Crippen molar-refractivity contribution in [1.82, 2.24) is 0 Å². The maximum Gasteiger partial charge on any atom is 0.306 e. The molecular weight excluding hydrogens is 793 g/mol. The van der Waals surface area contributed by atoms with Gasteiger partial charge in [-0.3, -0.25) is 14.4 Å². The van der Waals surface area contributed by atoms with Gasteiger partial charge in [0.25, 0.3) is 0 Å². The van der Waals surface area contributed by atoms with Crippen LogP contribution in [0.25, 0.3) is 0 Å². The zero-order valence-corrected chi connectivity index (χ0v) is 43.8. The number of hydrogen-bond donors (Lipinski definition) is 0. The van der Waals surface area contributed by atoms with Crippen LogP contribution in [0.5, 0.6) is 0 Å². The first kappa shape index (κ1) is 62.4. The normalized spacial score (nSPS) is 12.4. The molecule has 0 spiro atoms. The highest BCUT2D eigenvalue weighted by Crippen LogP contribution is 2.18. The Morgan fingerprint density at radius 2 is 0.547 bits per heavy atom. The van der Waals surface area contributed by atoms with E-state index < -0.39 is 6.10 Å². The molecule has 6 nitrogen and oxygen atoms in total. The summed E-state index contributed by atoms with van der Waals surface area (Å²) in [6.07, 6.45) is 56.7. The van der Waals surface area contributed by atoms with E-state index in [1.54, 1.807) is 0 Å². The molecular formula is C58H112O6. The Labute approximate surface area is 399 Å². The third kappa shape index (κ3) is 49.8. The summed E-state index contributed by atoms with van der Waals surface area (Å²) in [5.41, 5.74) is 0. The molecule has 0 aliphatic heterocycles. The van der Waals surface area contributed by atoms with E-state index >= 15 is 0 Å². The van der Waals surface area contributed by atoms with Crippen LogP contribution in [0.15, 0.2) is 0 Å². The van der Waals surface area contributed by atoms with Crippen LogP contribution in [-0.2, 0) is 28.6 Å². The van der Waals surface area contributed by atoms with Crippen LogP contribution in [0, 0.1) is 5.92 Å². The van der Waals surface area contributed by atoms with Crippen LogP contribution in [0.4, 0.5) is 0 Å². The molecule has 0 rings (SSSR count). The quantitative estimate of drug-likeness (QED) is 0.0344. The van der Waals surface area contributed by atoms with Gasteiger partial charge in [0.1, 0.15) is 13.2 Å². The van der Waals surface area contributed by atoms with Crippen molar-refractivity contribution in [3.63, 3.8) is 0 Å². The lowest BCUT2D eigenvalue weighted by atomic mass is 9.99. The molecule has 0 aromatic carbocycles. The molecule has 0 radical (unpaired) electrons. The average molecular weight is 906 g/mol. The molecule has 0 N–H and O–H groups in total. The summed E-state index contributed by atoms with van der Waals surface area (Å²) >= 11 is 0. The summed E-state index contributed by atoms with van der Waals surface area (Å²) in [4.78, 5) is 38.0. The summed E-state index contributed by atoms with van der Waals surface area (Å²) in [7, 11) is 0. The molecule has 0 aromatic rings. The number of esters is 3. The van der Waals surface area contributed by atoms with Crippen LogP contribution in [0.3, 0.4) is 0 Å². The molecule has 0 aromatic heterocycles. The van der Waals surface area contributed by atoms with Gasteiger partial charge in [0.2, 0.25) is 0 Å². The van der Waals surface area contributed by atoms with E-state index in [0.717, 1.165) is 63.7 Å². The van der Waals surface area contributed by atoms with Gasteiger partial charge >= 0.3 is 17.9 Å². The number of unbranched alkanes of at least 4 members (excludes halogenated alkanes) is 39. The number of carbonyl (C=O) groups is 3. The summed E-state index contributed by atoms with van der Waals surface area (Å²) in [5, 5.41) is 0. The number of rotatable bonds is 53. The Kier molecular flexibility index (Phi) is 51.1. The highest BCUT2D eigenvalue weighted by atomic mass is 16.6. The molecule has 64 heavy (non-hydrogen) atoms. The minimum absolute atomic E-state index is 0.0622. The molecule has 2 atom stereocenters. The Morgan fingerprint density at radius 3 is 0.812 bits per heavy atom. The predicted molar refractivity (Wildman–Crippen MR) is 275 cm³/mol. The SMILES string of the molecule is CCCCCCCCCCCCCCCCCC(=O)OC[C@@H](COC(=O)CCCCCCCCCCCCCCCCCCCCC(C)CC)OC(=O)CCCCCCCCCCC. The zero-order valence-electron chi connectivity index (χ0n) is 43.8. The first-order valence-corrected chi connectivity index (χ1v) is 28.9. The first-order valence-electron chi connectivity index (χ1n) is 28.9. The summed E-state index contributed by atoms with van der Waals surface area (Å²) in [6, 6.07) is 0. The smallest absolute Gasteiger partial charge is 0.306 e. The highest BCUT2D eigenvalue weighted by Gasteiger charge is 2.19. The second-order valence-electron chi connectivity index (χ2n) is 20.2. The fourth-order valence-electron chi connectivity index (χ4n) is 8.89. The van der Waals surface area contributed by atoms with Crippen LogP contribution in [-0.4, -0.2) is 37.2 Å². The van der Waals surface area contributed by atoms with Crippen LogP contribution < -0.4 is 0 Å². The standard InChI is InChI=1S/C58H112O6/c1-5-8-10-12-14-16-17-18-23-27-30-34-37-41-45-49-56(59)62-52-55(64-58(61)51-47-43-39-32-15-13-11-9-6-2)53-63-57(60)50-46-42-38-35-31-28-25-22-20-19-21-24-26-29-33-36-40-44-48-54(4)7-3/h54-55H,5-53H2,1-4H3/t54?,55-/m0/s1. The van der Waals surface area contributed by atoms with Gasteiger partial charge in [-0.15, -0.1) is 0 Å². The van der Waals surface area contributed by atoms with Gasteiger partial charge in [-0.2, -0.15) is 0 Å².